The van der Waals surface area contributed by atoms with E-state index in [0.717, 1.165) is 44.5 Å². The molecule has 1 amide bonds. The van der Waals surface area contributed by atoms with Gasteiger partial charge >= 0.3 is 0 Å². The average Bonchev–Trinajstić information content (AvgIpc) is 2.98. The molecule has 0 saturated carbocycles. The van der Waals surface area contributed by atoms with E-state index in [1.165, 1.54) is 16.7 Å². The number of piperidine rings is 1. The Morgan fingerprint density at radius 2 is 1.19 bits per heavy atom. The summed E-state index contributed by atoms with van der Waals surface area (Å²) in [6.07, 6.45) is 3.11. The smallest absolute Gasteiger partial charge is 0.254 e. The normalized spacial score (nSPS) is 14.5. The molecule has 0 bridgehead atoms. The van der Waals surface area contributed by atoms with E-state index in [2.05, 4.69) is 94.7 Å². The van der Waals surface area contributed by atoms with Crippen LogP contribution in [0.3, 0.4) is 0 Å². The number of hydrogen-bond donors (Lipinski definition) is 0. The molecule has 0 aromatic heterocycles. The molecule has 0 spiro atoms. The standard InChI is InChI=1S/C34H36N2O/c37-34(31-19-11-4-12-20-31)36(27-28-13-5-1-6-14-28)32-21-24-35(25-22-32)26-23-33(29-15-7-2-8-16-29)30-17-9-3-10-18-30/h1-20,32-33H,21-27H2. The van der Waals surface area contributed by atoms with Crippen molar-refractivity contribution in [3.05, 3.63) is 144 Å². The Hall–Kier alpha value is -3.69. The fourth-order valence-electron chi connectivity index (χ4n) is 5.56. The van der Waals surface area contributed by atoms with E-state index in [4.69, 9.17) is 0 Å². The second-order valence-electron chi connectivity index (χ2n) is 10.0. The van der Waals surface area contributed by atoms with E-state index in [-0.39, 0.29) is 11.9 Å². The highest BCUT2D eigenvalue weighted by Gasteiger charge is 2.29. The third-order valence-corrected chi connectivity index (χ3v) is 7.61. The van der Waals surface area contributed by atoms with Crippen LogP contribution in [0.1, 0.15) is 52.2 Å². The second-order valence-corrected chi connectivity index (χ2v) is 10.0. The minimum absolute atomic E-state index is 0.135. The largest absolute Gasteiger partial charge is 0.331 e. The molecule has 4 aromatic rings. The molecule has 1 saturated heterocycles. The lowest BCUT2D eigenvalue weighted by atomic mass is 9.88. The maximum absolute atomic E-state index is 13.6. The van der Waals surface area contributed by atoms with Crippen LogP contribution in [0.2, 0.25) is 0 Å². The van der Waals surface area contributed by atoms with Crippen molar-refractivity contribution in [1.29, 1.82) is 0 Å². The number of nitrogens with zero attached hydrogens (tertiary/aromatic N) is 2. The van der Waals surface area contributed by atoms with Crippen LogP contribution in [-0.4, -0.2) is 41.4 Å². The predicted octanol–water partition coefficient (Wildman–Crippen LogP) is 7.02. The molecule has 0 atom stereocenters. The Kier molecular flexibility index (Phi) is 8.45. The summed E-state index contributed by atoms with van der Waals surface area (Å²) in [5.74, 6) is 0.533. The van der Waals surface area contributed by atoms with Gasteiger partial charge in [0, 0.05) is 37.2 Å². The lowest BCUT2D eigenvalue weighted by Crippen LogP contribution is -2.47. The summed E-state index contributed by atoms with van der Waals surface area (Å²) in [5.41, 5.74) is 4.72. The molecule has 3 nitrogen and oxygen atoms in total. The summed E-state index contributed by atoms with van der Waals surface area (Å²) in [5, 5.41) is 0. The number of carbonyl (C=O) groups excluding carboxylic acids is 1. The van der Waals surface area contributed by atoms with Gasteiger partial charge in [0.2, 0.25) is 0 Å². The van der Waals surface area contributed by atoms with Crippen LogP contribution in [0.15, 0.2) is 121 Å². The fraction of sp³-hybridized carbons (Fsp3) is 0.265. The molecular weight excluding hydrogens is 452 g/mol. The second kappa shape index (κ2) is 12.5. The van der Waals surface area contributed by atoms with E-state index in [1.807, 2.05) is 36.4 Å². The van der Waals surface area contributed by atoms with Crippen LogP contribution in [0.25, 0.3) is 0 Å². The van der Waals surface area contributed by atoms with Crippen molar-refractivity contribution in [3.63, 3.8) is 0 Å². The molecule has 5 rings (SSSR count). The van der Waals surface area contributed by atoms with Gasteiger partial charge in [-0.25, -0.2) is 0 Å². The van der Waals surface area contributed by atoms with Crippen LogP contribution in [0.4, 0.5) is 0 Å². The van der Waals surface area contributed by atoms with Gasteiger partial charge in [0.05, 0.1) is 0 Å². The van der Waals surface area contributed by atoms with Crippen molar-refractivity contribution in [2.24, 2.45) is 0 Å². The third-order valence-electron chi connectivity index (χ3n) is 7.61. The van der Waals surface area contributed by atoms with E-state index >= 15 is 0 Å². The molecular formula is C34H36N2O. The minimum atomic E-state index is 0.135. The van der Waals surface area contributed by atoms with Crippen LogP contribution < -0.4 is 0 Å². The first kappa shape index (κ1) is 25.0. The summed E-state index contributed by atoms with van der Waals surface area (Å²) >= 11 is 0. The van der Waals surface area contributed by atoms with Gasteiger partial charge in [-0.2, -0.15) is 0 Å². The van der Waals surface area contributed by atoms with Crippen LogP contribution in [-0.2, 0) is 6.54 Å². The van der Waals surface area contributed by atoms with Crippen molar-refractivity contribution in [3.8, 4) is 0 Å². The first-order valence-corrected chi connectivity index (χ1v) is 13.5. The van der Waals surface area contributed by atoms with Crippen molar-refractivity contribution in [1.82, 2.24) is 9.80 Å². The highest BCUT2D eigenvalue weighted by Crippen LogP contribution is 2.29. The maximum atomic E-state index is 13.6. The molecule has 0 aliphatic carbocycles. The van der Waals surface area contributed by atoms with E-state index < -0.39 is 0 Å². The number of hydrogen-bond acceptors (Lipinski definition) is 2. The van der Waals surface area contributed by atoms with Gasteiger partial charge in [-0.15, -0.1) is 0 Å². The van der Waals surface area contributed by atoms with Gasteiger partial charge in [-0.3, -0.25) is 4.79 Å². The zero-order valence-corrected chi connectivity index (χ0v) is 21.5. The lowest BCUT2D eigenvalue weighted by molar-refractivity contribution is 0.0548. The molecule has 188 valence electrons. The third kappa shape index (κ3) is 6.55. The van der Waals surface area contributed by atoms with Gasteiger partial charge in [-0.1, -0.05) is 109 Å². The maximum Gasteiger partial charge on any atom is 0.254 e. The first-order valence-electron chi connectivity index (χ1n) is 13.5. The van der Waals surface area contributed by atoms with Gasteiger partial charge in [0.25, 0.3) is 5.91 Å². The number of likely N-dealkylation sites (tertiary alicyclic amines) is 1. The number of benzene rings is 4. The van der Waals surface area contributed by atoms with E-state index in [9.17, 15) is 4.79 Å². The Labute approximate surface area is 221 Å². The monoisotopic (exact) mass is 488 g/mol. The van der Waals surface area contributed by atoms with E-state index in [1.54, 1.807) is 0 Å². The van der Waals surface area contributed by atoms with Crippen molar-refractivity contribution >= 4 is 5.91 Å². The summed E-state index contributed by atoms with van der Waals surface area (Å²) < 4.78 is 0. The SMILES string of the molecule is O=C(c1ccccc1)N(Cc1ccccc1)C1CCN(CCC(c2ccccc2)c2ccccc2)CC1. The molecule has 1 aliphatic heterocycles. The van der Waals surface area contributed by atoms with Gasteiger partial charge in [0.15, 0.2) is 0 Å². The molecule has 0 unspecified atom stereocenters. The molecule has 3 heteroatoms. The van der Waals surface area contributed by atoms with Crippen molar-refractivity contribution in [2.75, 3.05) is 19.6 Å². The highest BCUT2D eigenvalue weighted by atomic mass is 16.2. The first-order chi connectivity index (χ1) is 18.3. The van der Waals surface area contributed by atoms with Crippen LogP contribution >= 0.6 is 0 Å². The molecule has 1 fully saturated rings. The fourth-order valence-corrected chi connectivity index (χ4v) is 5.56. The molecule has 0 radical (unpaired) electrons. The zero-order chi connectivity index (χ0) is 25.3. The van der Waals surface area contributed by atoms with Crippen molar-refractivity contribution in [2.45, 2.75) is 37.8 Å². The number of carbonyl (C=O) groups is 1. The topological polar surface area (TPSA) is 23.6 Å². The molecule has 1 heterocycles. The Morgan fingerprint density at radius 3 is 1.73 bits per heavy atom. The average molecular weight is 489 g/mol. The summed E-state index contributed by atoms with van der Waals surface area (Å²) in [6, 6.07) is 42.1. The Balaban J connectivity index is 1.24. The van der Waals surface area contributed by atoms with Gasteiger partial charge < -0.3 is 9.80 Å². The number of amides is 1. The van der Waals surface area contributed by atoms with Crippen LogP contribution in [0, 0.1) is 0 Å². The molecule has 1 aliphatic rings. The summed E-state index contributed by atoms with van der Waals surface area (Å²) in [7, 11) is 0. The molecule has 37 heavy (non-hydrogen) atoms. The summed E-state index contributed by atoms with van der Waals surface area (Å²) in [6.45, 7) is 3.76. The molecule has 0 N–H and O–H groups in total. The van der Waals surface area contributed by atoms with Crippen molar-refractivity contribution < 1.29 is 4.79 Å². The summed E-state index contributed by atoms with van der Waals surface area (Å²) in [4.78, 5) is 18.3. The predicted molar refractivity (Wildman–Crippen MR) is 152 cm³/mol. The minimum Gasteiger partial charge on any atom is -0.331 e. The highest BCUT2D eigenvalue weighted by molar-refractivity contribution is 5.94. The Morgan fingerprint density at radius 1 is 0.703 bits per heavy atom. The Bertz CT molecular complexity index is 1180. The van der Waals surface area contributed by atoms with Crippen LogP contribution in [0.5, 0.6) is 0 Å². The number of rotatable bonds is 9. The molecule has 4 aromatic carbocycles. The van der Waals surface area contributed by atoms with Gasteiger partial charge in [-0.05, 0) is 54.6 Å². The quantitative estimate of drug-likeness (QED) is 0.253. The van der Waals surface area contributed by atoms with Gasteiger partial charge in [0.1, 0.15) is 0 Å². The lowest BCUT2D eigenvalue weighted by Gasteiger charge is -2.39. The zero-order valence-electron chi connectivity index (χ0n) is 21.5. The van der Waals surface area contributed by atoms with E-state index in [0.29, 0.717) is 12.5 Å².